The molecule has 0 unspecified atom stereocenters. The lowest BCUT2D eigenvalue weighted by Gasteiger charge is -2.05. The first kappa shape index (κ1) is 16.1. The van der Waals surface area contributed by atoms with Gasteiger partial charge in [0.1, 0.15) is 0 Å². The van der Waals surface area contributed by atoms with Crippen molar-refractivity contribution in [3.05, 3.63) is 71.1 Å². The highest BCUT2D eigenvalue weighted by atomic mass is 15.3. The molecule has 0 aliphatic heterocycles. The Balaban J connectivity index is 1.76. The van der Waals surface area contributed by atoms with E-state index in [0.29, 0.717) is 17.3 Å². The summed E-state index contributed by atoms with van der Waals surface area (Å²) in [6.45, 7) is 2.08. The van der Waals surface area contributed by atoms with E-state index in [9.17, 15) is 5.26 Å². The average Bonchev–Trinajstić information content (AvgIpc) is 3.46. The van der Waals surface area contributed by atoms with Crippen molar-refractivity contribution in [2.45, 2.75) is 32.1 Å². The molecular formula is C21H17N5. The quantitative estimate of drug-likeness (QED) is 0.686. The molecule has 5 nitrogen and oxygen atoms in total. The smallest absolute Gasteiger partial charge is 0.205 e. The number of hydrogen-bond acceptors (Lipinski definition) is 4. The maximum atomic E-state index is 9.28. The zero-order chi connectivity index (χ0) is 17.9. The van der Waals surface area contributed by atoms with Crippen LogP contribution in [0.2, 0.25) is 0 Å². The van der Waals surface area contributed by atoms with Gasteiger partial charge in [0.15, 0.2) is 0 Å². The number of nitrogens with zero attached hydrogens (tertiary/aromatic N) is 5. The zero-order valence-electron chi connectivity index (χ0n) is 14.5. The summed E-state index contributed by atoms with van der Waals surface area (Å²) in [6, 6.07) is 9.85. The highest BCUT2D eigenvalue weighted by Crippen LogP contribution is 2.40. The van der Waals surface area contributed by atoms with Crippen LogP contribution in [0.25, 0.3) is 5.69 Å². The third-order valence-corrected chi connectivity index (χ3v) is 4.36. The van der Waals surface area contributed by atoms with Crippen molar-refractivity contribution in [3.8, 4) is 23.6 Å². The molecular weight excluding hydrogens is 322 g/mol. The highest BCUT2D eigenvalue weighted by Gasteiger charge is 2.29. The third kappa shape index (κ3) is 3.34. The fourth-order valence-electron chi connectivity index (χ4n) is 2.84. The van der Waals surface area contributed by atoms with E-state index in [0.717, 1.165) is 41.8 Å². The number of aromatic nitrogens is 4. The van der Waals surface area contributed by atoms with Crippen LogP contribution in [0.4, 0.5) is 0 Å². The summed E-state index contributed by atoms with van der Waals surface area (Å²) in [7, 11) is 0. The molecule has 0 bridgehead atoms. The van der Waals surface area contributed by atoms with Gasteiger partial charge in [-0.3, -0.25) is 0 Å². The Kier molecular flexibility index (Phi) is 4.21. The van der Waals surface area contributed by atoms with E-state index in [1.54, 1.807) is 18.5 Å². The van der Waals surface area contributed by atoms with Crippen LogP contribution < -0.4 is 0 Å². The molecule has 1 aliphatic carbocycles. The summed E-state index contributed by atoms with van der Waals surface area (Å²) < 4.78 is 1.84. The summed E-state index contributed by atoms with van der Waals surface area (Å²) in [6.07, 6.45) is 8.47. The van der Waals surface area contributed by atoms with E-state index in [-0.39, 0.29) is 0 Å². The number of aryl methyl sites for hydroxylation is 1. The third-order valence-electron chi connectivity index (χ3n) is 4.36. The Bertz CT molecular complexity index is 1040. The molecule has 0 spiro atoms. The highest BCUT2D eigenvalue weighted by molar-refractivity contribution is 5.48. The fourth-order valence-corrected chi connectivity index (χ4v) is 2.84. The minimum atomic E-state index is 0.474. The van der Waals surface area contributed by atoms with Crippen molar-refractivity contribution in [2.75, 3.05) is 0 Å². The summed E-state index contributed by atoms with van der Waals surface area (Å²) >= 11 is 0. The van der Waals surface area contributed by atoms with Gasteiger partial charge >= 0.3 is 0 Å². The first-order chi connectivity index (χ1) is 12.8. The second kappa shape index (κ2) is 6.82. The molecule has 0 radical (unpaired) electrons. The molecule has 1 aromatic carbocycles. The van der Waals surface area contributed by atoms with Gasteiger partial charge in [-0.1, -0.05) is 12.8 Å². The molecule has 2 heterocycles. The largest absolute Gasteiger partial charge is 0.239 e. The molecule has 1 aliphatic rings. The van der Waals surface area contributed by atoms with E-state index in [1.165, 1.54) is 0 Å². The van der Waals surface area contributed by atoms with Gasteiger partial charge in [-0.2, -0.15) is 10.4 Å². The van der Waals surface area contributed by atoms with Crippen molar-refractivity contribution in [2.24, 2.45) is 0 Å². The molecule has 5 heteroatoms. The Morgan fingerprint density at radius 2 is 1.96 bits per heavy atom. The van der Waals surface area contributed by atoms with Crippen LogP contribution in [0, 0.1) is 23.2 Å². The molecule has 0 atom stereocenters. The summed E-state index contributed by atoms with van der Waals surface area (Å²) in [4.78, 5) is 8.29. The molecule has 0 saturated heterocycles. The number of nitriles is 1. The molecule has 126 valence electrons. The lowest BCUT2D eigenvalue weighted by Crippen LogP contribution is -1.98. The number of benzene rings is 1. The van der Waals surface area contributed by atoms with E-state index >= 15 is 0 Å². The van der Waals surface area contributed by atoms with Crippen LogP contribution in [0.15, 0.2) is 42.9 Å². The summed E-state index contributed by atoms with van der Waals surface area (Å²) in [5.41, 5.74) is 4.59. The number of rotatable bonds is 3. The van der Waals surface area contributed by atoms with Crippen molar-refractivity contribution in [1.29, 1.82) is 5.26 Å². The van der Waals surface area contributed by atoms with E-state index in [4.69, 9.17) is 5.10 Å². The molecule has 0 N–H and O–H groups in total. The predicted molar refractivity (Wildman–Crippen MR) is 97.6 cm³/mol. The molecule has 3 aromatic rings. The van der Waals surface area contributed by atoms with Crippen molar-refractivity contribution < 1.29 is 0 Å². The maximum Gasteiger partial charge on any atom is 0.205 e. The molecule has 4 rings (SSSR count). The van der Waals surface area contributed by atoms with Crippen molar-refractivity contribution in [3.63, 3.8) is 0 Å². The van der Waals surface area contributed by atoms with Gasteiger partial charge in [-0.15, -0.1) is 0 Å². The summed E-state index contributed by atoms with van der Waals surface area (Å²) in [5.74, 6) is 7.17. The van der Waals surface area contributed by atoms with Crippen LogP contribution in [-0.2, 0) is 6.42 Å². The van der Waals surface area contributed by atoms with Gasteiger partial charge in [0.2, 0.25) is 5.82 Å². The van der Waals surface area contributed by atoms with Crippen molar-refractivity contribution >= 4 is 0 Å². The Morgan fingerprint density at radius 1 is 1.15 bits per heavy atom. The van der Waals surface area contributed by atoms with Crippen LogP contribution in [0.5, 0.6) is 0 Å². The Morgan fingerprint density at radius 3 is 2.65 bits per heavy atom. The predicted octanol–water partition coefficient (Wildman–Crippen LogP) is 3.37. The molecule has 0 amide bonds. The molecule has 1 saturated carbocycles. The van der Waals surface area contributed by atoms with E-state index in [2.05, 4.69) is 40.9 Å². The first-order valence-corrected chi connectivity index (χ1v) is 8.70. The van der Waals surface area contributed by atoms with Crippen LogP contribution in [0.1, 0.15) is 53.9 Å². The molecule has 26 heavy (non-hydrogen) atoms. The average molecular weight is 339 g/mol. The monoisotopic (exact) mass is 339 g/mol. The van der Waals surface area contributed by atoms with Gasteiger partial charge in [0.25, 0.3) is 0 Å². The summed E-state index contributed by atoms with van der Waals surface area (Å²) in [5, 5.41) is 14.1. The lowest BCUT2D eigenvalue weighted by atomic mass is 10.1. The van der Waals surface area contributed by atoms with Crippen LogP contribution >= 0.6 is 0 Å². The number of hydrogen-bond donors (Lipinski definition) is 0. The second-order valence-electron chi connectivity index (χ2n) is 6.32. The second-order valence-corrected chi connectivity index (χ2v) is 6.32. The topological polar surface area (TPSA) is 67.4 Å². The van der Waals surface area contributed by atoms with Gasteiger partial charge in [0.05, 0.1) is 28.6 Å². The van der Waals surface area contributed by atoms with E-state index in [1.807, 2.05) is 23.0 Å². The van der Waals surface area contributed by atoms with E-state index < -0.39 is 0 Å². The van der Waals surface area contributed by atoms with Gasteiger partial charge < -0.3 is 0 Å². The van der Waals surface area contributed by atoms with Crippen LogP contribution in [0.3, 0.4) is 0 Å². The van der Waals surface area contributed by atoms with Crippen molar-refractivity contribution in [1.82, 2.24) is 19.7 Å². The fraction of sp³-hybridized carbons (Fsp3) is 0.238. The Hall–Kier alpha value is -3.44. The molecule has 2 aromatic heterocycles. The Labute approximate surface area is 152 Å². The van der Waals surface area contributed by atoms with Gasteiger partial charge in [0, 0.05) is 24.5 Å². The lowest BCUT2D eigenvalue weighted by molar-refractivity contribution is 0.835. The maximum absolute atomic E-state index is 9.28. The normalized spacial score (nSPS) is 12.9. The van der Waals surface area contributed by atoms with Gasteiger partial charge in [-0.05, 0) is 55.0 Å². The SMILES string of the molecule is CCc1cc(C#N)cc(-n2cc(C#Cc3ncccn3)c(C3CC3)n2)c1. The zero-order valence-corrected chi connectivity index (χ0v) is 14.5. The minimum absolute atomic E-state index is 0.474. The van der Waals surface area contributed by atoms with Crippen LogP contribution in [-0.4, -0.2) is 19.7 Å². The van der Waals surface area contributed by atoms with Gasteiger partial charge in [-0.25, -0.2) is 14.6 Å². The minimum Gasteiger partial charge on any atom is -0.239 e. The standard InChI is InChI=1S/C21H17N5/c1-2-15-10-16(13-22)12-19(11-15)26-14-18(21(25-26)17-4-5-17)6-7-20-23-8-3-9-24-20/h3,8-12,14,17H,2,4-5H2,1H3. The first-order valence-electron chi connectivity index (χ1n) is 8.70. The molecule has 1 fully saturated rings.